The molecule has 0 saturated heterocycles. The molecule has 4 heteroatoms. The van der Waals surface area contributed by atoms with Gasteiger partial charge in [0.15, 0.2) is 0 Å². The van der Waals surface area contributed by atoms with Crippen molar-refractivity contribution >= 4 is 5.97 Å². The largest absolute Gasteiger partial charge is 0.481 e. The number of rotatable bonds is 5. The molecule has 0 fully saturated rings. The van der Waals surface area contributed by atoms with Crippen molar-refractivity contribution in [2.75, 3.05) is 0 Å². The summed E-state index contributed by atoms with van der Waals surface area (Å²) in [5.74, 6) is 0.371. The van der Waals surface area contributed by atoms with E-state index in [0.29, 0.717) is 18.2 Å². The predicted octanol–water partition coefficient (Wildman–Crippen LogP) is 2.00. The summed E-state index contributed by atoms with van der Waals surface area (Å²) in [7, 11) is 0. The van der Waals surface area contributed by atoms with Gasteiger partial charge in [-0.05, 0) is 25.3 Å². The third kappa shape index (κ3) is 4.38. The van der Waals surface area contributed by atoms with Crippen molar-refractivity contribution in [3.05, 3.63) is 23.3 Å². The Morgan fingerprint density at radius 2 is 2.12 bits per heavy atom. The first kappa shape index (κ1) is 12.6. The first-order valence-electron chi connectivity index (χ1n) is 5.52. The van der Waals surface area contributed by atoms with Crippen molar-refractivity contribution in [2.45, 2.75) is 40.0 Å². The predicted molar refractivity (Wildman–Crippen MR) is 61.3 cm³/mol. The average Bonchev–Trinajstić information content (AvgIpc) is 2.12. The first-order valence-corrected chi connectivity index (χ1v) is 5.52. The van der Waals surface area contributed by atoms with E-state index in [0.717, 1.165) is 17.8 Å². The molecule has 0 unspecified atom stereocenters. The summed E-state index contributed by atoms with van der Waals surface area (Å²) < 4.78 is 0. The van der Waals surface area contributed by atoms with E-state index in [4.69, 9.17) is 5.11 Å². The number of aromatic nitrogens is 2. The third-order valence-electron chi connectivity index (χ3n) is 2.13. The minimum Gasteiger partial charge on any atom is -0.481 e. The van der Waals surface area contributed by atoms with E-state index in [9.17, 15) is 4.79 Å². The molecule has 0 amide bonds. The molecule has 1 aromatic rings. The quantitative estimate of drug-likeness (QED) is 0.827. The van der Waals surface area contributed by atoms with Gasteiger partial charge in [-0.1, -0.05) is 13.8 Å². The zero-order valence-corrected chi connectivity index (χ0v) is 10.0. The number of carbonyl (C=O) groups is 1. The second-order valence-electron chi connectivity index (χ2n) is 4.41. The minimum atomic E-state index is -0.810. The van der Waals surface area contributed by atoms with Crippen molar-refractivity contribution in [1.29, 1.82) is 0 Å². The van der Waals surface area contributed by atoms with Gasteiger partial charge >= 0.3 is 5.97 Å². The fourth-order valence-electron chi connectivity index (χ4n) is 1.55. The molecule has 0 aliphatic rings. The monoisotopic (exact) mass is 222 g/mol. The number of nitrogens with zero attached hydrogens (tertiary/aromatic N) is 2. The Labute approximate surface area is 95.7 Å². The highest BCUT2D eigenvalue weighted by molar-refractivity contribution is 5.66. The van der Waals surface area contributed by atoms with Crippen molar-refractivity contribution in [2.24, 2.45) is 5.92 Å². The topological polar surface area (TPSA) is 63.1 Å². The average molecular weight is 222 g/mol. The SMILES string of the molecule is Cc1cc(CC(C)C)nc(CCC(=O)O)n1. The number of hydrogen-bond donors (Lipinski definition) is 1. The van der Waals surface area contributed by atoms with Gasteiger partial charge in [0.1, 0.15) is 5.82 Å². The molecule has 1 N–H and O–H groups in total. The fourth-order valence-corrected chi connectivity index (χ4v) is 1.55. The van der Waals surface area contributed by atoms with Crippen LogP contribution in [0.1, 0.15) is 37.5 Å². The number of aryl methyl sites for hydroxylation is 2. The van der Waals surface area contributed by atoms with Crippen molar-refractivity contribution in [3.63, 3.8) is 0 Å². The maximum Gasteiger partial charge on any atom is 0.303 e. The van der Waals surface area contributed by atoms with E-state index in [1.807, 2.05) is 13.0 Å². The lowest BCUT2D eigenvalue weighted by molar-refractivity contribution is -0.137. The highest BCUT2D eigenvalue weighted by Crippen LogP contribution is 2.08. The van der Waals surface area contributed by atoms with Gasteiger partial charge in [-0.3, -0.25) is 4.79 Å². The van der Waals surface area contributed by atoms with Crippen molar-refractivity contribution in [1.82, 2.24) is 9.97 Å². The number of carboxylic acid groups (broad SMARTS) is 1. The standard InChI is InChI=1S/C12H18N2O2/c1-8(2)6-10-7-9(3)13-11(14-10)4-5-12(15)16/h7-8H,4-6H2,1-3H3,(H,15,16). The Morgan fingerprint density at radius 1 is 1.44 bits per heavy atom. The molecule has 0 aliphatic heterocycles. The van der Waals surface area contributed by atoms with E-state index in [1.165, 1.54) is 0 Å². The molecule has 16 heavy (non-hydrogen) atoms. The molecule has 0 radical (unpaired) electrons. The van der Waals surface area contributed by atoms with Gasteiger partial charge in [0.05, 0.1) is 6.42 Å². The molecular weight excluding hydrogens is 204 g/mol. The van der Waals surface area contributed by atoms with E-state index < -0.39 is 5.97 Å². The Hall–Kier alpha value is -1.45. The van der Waals surface area contributed by atoms with Gasteiger partial charge in [-0.15, -0.1) is 0 Å². The van der Waals surface area contributed by atoms with Gasteiger partial charge in [-0.2, -0.15) is 0 Å². The van der Waals surface area contributed by atoms with Crippen LogP contribution in [0.4, 0.5) is 0 Å². The van der Waals surface area contributed by atoms with Crippen LogP contribution in [0.3, 0.4) is 0 Å². The molecule has 0 spiro atoms. The van der Waals surface area contributed by atoms with Crippen LogP contribution in [0.5, 0.6) is 0 Å². The summed E-state index contributed by atoms with van der Waals surface area (Å²) in [4.78, 5) is 19.1. The Morgan fingerprint density at radius 3 is 2.69 bits per heavy atom. The summed E-state index contributed by atoms with van der Waals surface area (Å²) in [6.45, 7) is 6.18. The van der Waals surface area contributed by atoms with Gasteiger partial charge in [0, 0.05) is 17.8 Å². The van der Waals surface area contributed by atoms with E-state index in [2.05, 4.69) is 23.8 Å². The molecular formula is C12H18N2O2. The zero-order valence-electron chi connectivity index (χ0n) is 10.0. The maximum absolute atomic E-state index is 10.5. The highest BCUT2D eigenvalue weighted by atomic mass is 16.4. The van der Waals surface area contributed by atoms with E-state index >= 15 is 0 Å². The number of aliphatic carboxylic acids is 1. The Balaban J connectivity index is 2.77. The lowest BCUT2D eigenvalue weighted by atomic mass is 10.1. The van der Waals surface area contributed by atoms with Gasteiger partial charge in [-0.25, -0.2) is 9.97 Å². The number of carboxylic acids is 1. The van der Waals surface area contributed by atoms with Gasteiger partial charge in [0.2, 0.25) is 0 Å². The van der Waals surface area contributed by atoms with Crippen LogP contribution < -0.4 is 0 Å². The lowest BCUT2D eigenvalue weighted by Crippen LogP contribution is -2.06. The Kier molecular flexibility index (Phi) is 4.40. The molecule has 1 rings (SSSR count). The normalized spacial score (nSPS) is 10.8. The summed E-state index contributed by atoms with van der Waals surface area (Å²) >= 11 is 0. The van der Waals surface area contributed by atoms with Gasteiger partial charge in [0.25, 0.3) is 0 Å². The Bertz CT molecular complexity index is 375. The van der Waals surface area contributed by atoms with E-state index in [-0.39, 0.29) is 6.42 Å². The molecule has 0 aliphatic carbocycles. The lowest BCUT2D eigenvalue weighted by Gasteiger charge is -2.07. The molecule has 0 atom stereocenters. The summed E-state index contributed by atoms with van der Waals surface area (Å²) in [6, 6.07) is 1.96. The third-order valence-corrected chi connectivity index (χ3v) is 2.13. The number of hydrogen-bond acceptors (Lipinski definition) is 3. The molecule has 1 aromatic heterocycles. The van der Waals surface area contributed by atoms with Crippen LogP contribution in [-0.2, 0) is 17.6 Å². The van der Waals surface area contributed by atoms with Crippen LogP contribution in [0.25, 0.3) is 0 Å². The minimum absolute atomic E-state index is 0.0879. The maximum atomic E-state index is 10.5. The zero-order chi connectivity index (χ0) is 12.1. The smallest absolute Gasteiger partial charge is 0.303 e. The summed E-state index contributed by atoms with van der Waals surface area (Å²) in [5, 5.41) is 8.60. The molecule has 0 aromatic carbocycles. The van der Waals surface area contributed by atoms with Crippen molar-refractivity contribution in [3.8, 4) is 0 Å². The molecule has 0 bridgehead atoms. The second-order valence-corrected chi connectivity index (χ2v) is 4.41. The molecule has 0 saturated carbocycles. The highest BCUT2D eigenvalue weighted by Gasteiger charge is 2.06. The second kappa shape index (κ2) is 5.58. The van der Waals surface area contributed by atoms with Crippen LogP contribution in [0.15, 0.2) is 6.07 Å². The molecule has 1 heterocycles. The summed E-state index contributed by atoms with van der Waals surface area (Å²) in [5.41, 5.74) is 1.91. The van der Waals surface area contributed by atoms with Crippen molar-refractivity contribution < 1.29 is 9.90 Å². The molecule has 88 valence electrons. The van der Waals surface area contributed by atoms with Crippen LogP contribution >= 0.6 is 0 Å². The summed E-state index contributed by atoms with van der Waals surface area (Å²) in [6.07, 6.45) is 1.40. The van der Waals surface area contributed by atoms with Gasteiger partial charge < -0.3 is 5.11 Å². The van der Waals surface area contributed by atoms with Crippen LogP contribution in [0, 0.1) is 12.8 Å². The van der Waals surface area contributed by atoms with Crippen LogP contribution in [-0.4, -0.2) is 21.0 Å². The fraction of sp³-hybridized carbons (Fsp3) is 0.583. The van der Waals surface area contributed by atoms with Crippen LogP contribution in [0.2, 0.25) is 0 Å². The first-order chi connectivity index (χ1) is 7.47. The van der Waals surface area contributed by atoms with E-state index in [1.54, 1.807) is 0 Å². The molecule has 4 nitrogen and oxygen atoms in total.